The van der Waals surface area contributed by atoms with E-state index in [1.54, 1.807) is 0 Å². The Morgan fingerprint density at radius 3 is 1.93 bits per heavy atom. The normalized spacial score (nSPS) is 51.0. The quantitative estimate of drug-likeness (QED) is 0.638. The van der Waals surface area contributed by atoms with E-state index in [1.165, 1.54) is 0 Å². The molecule has 0 N–H and O–H groups in total. The van der Waals surface area contributed by atoms with E-state index in [1.807, 2.05) is 0 Å². The van der Waals surface area contributed by atoms with Crippen LogP contribution in [-0.2, 0) is 4.74 Å². The van der Waals surface area contributed by atoms with E-state index in [2.05, 4.69) is 48.5 Å². The van der Waals surface area contributed by atoms with Crippen LogP contribution in [0.25, 0.3) is 0 Å². The van der Waals surface area contributed by atoms with E-state index in [9.17, 15) is 0 Å². The second-order valence-corrected chi connectivity index (χ2v) is 6.73. The molecule has 4 unspecified atom stereocenters. The lowest BCUT2D eigenvalue weighted by Crippen LogP contribution is -2.53. The van der Waals surface area contributed by atoms with Gasteiger partial charge in [-0.3, -0.25) is 0 Å². The molecule has 2 fully saturated rings. The predicted octanol–water partition coefficient (Wildman–Crippen LogP) is 3.87. The van der Waals surface area contributed by atoms with E-state index < -0.39 is 0 Å². The first-order chi connectivity index (χ1) is 6.72. The Morgan fingerprint density at radius 1 is 1.07 bits per heavy atom. The van der Waals surface area contributed by atoms with Gasteiger partial charge in [-0.15, -0.1) is 0 Å². The molecule has 1 saturated heterocycles. The van der Waals surface area contributed by atoms with E-state index in [4.69, 9.17) is 4.74 Å². The van der Waals surface area contributed by atoms with Crippen molar-refractivity contribution in [1.82, 2.24) is 0 Å². The van der Waals surface area contributed by atoms with Gasteiger partial charge in [-0.1, -0.05) is 41.5 Å². The third kappa shape index (κ3) is 0.945. The molecule has 1 heterocycles. The number of hydrogen-bond acceptors (Lipinski definition) is 1. The van der Waals surface area contributed by atoms with Crippen LogP contribution in [0.2, 0.25) is 0 Å². The molecule has 88 valence electrons. The summed E-state index contributed by atoms with van der Waals surface area (Å²) in [7, 11) is 0. The molecule has 1 heteroatoms. The number of ether oxygens (including phenoxy) is 1. The first kappa shape index (κ1) is 11.4. The van der Waals surface area contributed by atoms with Gasteiger partial charge in [-0.05, 0) is 36.0 Å². The highest BCUT2D eigenvalue weighted by atomic mass is 16.5. The highest BCUT2D eigenvalue weighted by Crippen LogP contribution is 2.71. The minimum atomic E-state index is 0.112. The van der Waals surface area contributed by atoms with Gasteiger partial charge in [0.05, 0.1) is 11.7 Å². The Hall–Kier alpha value is -0.0400. The first-order valence-electron chi connectivity index (χ1n) is 6.40. The summed E-state index contributed by atoms with van der Waals surface area (Å²) in [6.45, 7) is 16.6. The van der Waals surface area contributed by atoms with E-state index in [-0.39, 0.29) is 11.0 Å². The Labute approximate surface area is 94.6 Å². The predicted molar refractivity (Wildman–Crippen MR) is 63.8 cm³/mol. The summed E-state index contributed by atoms with van der Waals surface area (Å²) in [5.41, 5.74) is 0.784. The maximum Gasteiger partial charge on any atom is 0.0768 e. The average Bonchev–Trinajstić information content (AvgIpc) is 2.42. The summed E-state index contributed by atoms with van der Waals surface area (Å²) in [4.78, 5) is 0. The lowest BCUT2D eigenvalue weighted by molar-refractivity contribution is -0.190. The maximum absolute atomic E-state index is 6.36. The van der Waals surface area contributed by atoms with Gasteiger partial charge in [0.15, 0.2) is 0 Å². The summed E-state index contributed by atoms with van der Waals surface area (Å²) in [5, 5.41) is 0. The van der Waals surface area contributed by atoms with Crippen LogP contribution in [0.4, 0.5) is 0 Å². The molecule has 0 radical (unpaired) electrons. The Balaban J connectivity index is 2.56. The van der Waals surface area contributed by atoms with Crippen molar-refractivity contribution in [3.05, 3.63) is 0 Å². The van der Waals surface area contributed by atoms with E-state index >= 15 is 0 Å². The summed E-state index contributed by atoms with van der Waals surface area (Å²) in [6.07, 6.45) is 1.58. The van der Waals surface area contributed by atoms with Crippen LogP contribution in [0.1, 0.15) is 54.9 Å². The van der Waals surface area contributed by atoms with Crippen molar-refractivity contribution in [1.29, 1.82) is 0 Å². The van der Waals surface area contributed by atoms with Crippen molar-refractivity contribution in [3.8, 4) is 0 Å². The lowest BCUT2D eigenvalue weighted by atomic mass is 9.60. The van der Waals surface area contributed by atoms with Crippen molar-refractivity contribution in [2.24, 2.45) is 22.7 Å². The fourth-order valence-electron chi connectivity index (χ4n) is 4.95. The molecule has 1 saturated carbocycles. The summed E-state index contributed by atoms with van der Waals surface area (Å²) in [5.74, 6) is 1.41. The molecule has 0 amide bonds. The molecule has 2 aliphatic rings. The molecule has 2 rings (SSSR count). The number of hydrogen-bond donors (Lipinski definition) is 0. The molecule has 0 spiro atoms. The highest BCUT2D eigenvalue weighted by Gasteiger charge is 2.72. The van der Waals surface area contributed by atoms with Gasteiger partial charge in [0.25, 0.3) is 0 Å². The van der Waals surface area contributed by atoms with Crippen molar-refractivity contribution in [2.45, 2.75) is 66.6 Å². The zero-order chi connectivity index (χ0) is 11.6. The molecular weight excluding hydrogens is 184 g/mol. The third-order valence-electron chi connectivity index (χ3n) is 6.20. The molecule has 15 heavy (non-hydrogen) atoms. The zero-order valence-electron chi connectivity index (χ0n) is 11.3. The SMILES string of the molecule is CCC12OC(C)C(C1C)C(C)(C)C2(C)C. The topological polar surface area (TPSA) is 9.23 Å². The molecular formula is C14H26O. The molecule has 0 aromatic carbocycles. The van der Waals surface area contributed by atoms with Gasteiger partial charge in [0.2, 0.25) is 0 Å². The van der Waals surface area contributed by atoms with Gasteiger partial charge in [-0.2, -0.15) is 0 Å². The monoisotopic (exact) mass is 210 g/mol. The average molecular weight is 210 g/mol. The lowest BCUT2D eigenvalue weighted by Gasteiger charge is -2.53. The van der Waals surface area contributed by atoms with Crippen LogP contribution in [0.15, 0.2) is 0 Å². The zero-order valence-corrected chi connectivity index (χ0v) is 11.3. The van der Waals surface area contributed by atoms with Gasteiger partial charge < -0.3 is 4.74 Å². The standard InChI is InChI=1S/C14H26O/c1-8-14-9(2)11(10(3)15-14)12(4,5)13(14,6)7/h9-11H,8H2,1-7H3. The molecule has 0 aromatic heterocycles. The molecule has 2 bridgehead atoms. The summed E-state index contributed by atoms with van der Waals surface area (Å²) >= 11 is 0. The van der Waals surface area contributed by atoms with Crippen LogP contribution < -0.4 is 0 Å². The van der Waals surface area contributed by atoms with E-state index in [0.29, 0.717) is 23.4 Å². The van der Waals surface area contributed by atoms with Crippen LogP contribution in [0, 0.1) is 22.7 Å². The fraction of sp³-hybridized carbons (Fsp3) is 1.00. The van der Waals surface area contributed by atoms with Gasteiger partial charge in [0, 0.05) is 0 Å². The van der Waals surface area contributed by atoms with Crippen LogP contribution in [0.3, 0.4) is 0 Å². The van der Waals surface area contributed by atoms with Gasteiger partial charge >= 0.3 is 0 Å². The minimum absolute atomic E-state index is 0.112. The largest absolute Gasteiger partial charge is 0.371 e. The molecule has 4 atom stereocenters. The van der Waals surface area contributed by atoms with Crippen molar-refractivity contribution in [2.75, 3.05) is 0 Å². The maximum atomic E-state index is 6.36. The van der Waals surface area contributed by atoms with E-state index in [0.717, 1.165) is 6.42 Å². The van der Waals surface area contributed by atoms with Crippen molar-refractivity contribution in [3.63, 3.8) is 0 Å². The first-order valence-corrected chi connectivity index (χ1v) is 6.40. The fourth-order valence-corrected chi connectivity index (χ4v) is 4.95. The van der Waals surface area contributed by atoms with Gasteiger partial charge in [0.1, 0.15) is 0 Å². The van der Waals surface area contributed by atoms with Gasteiger partial charge in [-0.25, -0.2) is 0 Å². The molecule has 1 aliphatic carbocycles. The Kier molecular flexibility index (Phi) is 2.13. The van der Waals surface area contributed by atoms with Crippen LogP contribution >= 0.6 is 0 Å². The number of rotatable bonds is 1. The molecule has 1 aliphatic heterocycles. The Bertz CT molecular complexity index is 279. The summed E-state index contributed by atoms with van der Waals surface area (Å²) in [6, 6.07) is 0. The highest BCUT2D eigenvalue weighted by molar-refractivity contribution is 5.20. The van der Waals surface area contributed by atoms with Crippen molar-refractivity contribution >= 4 is 0 Å². The van der Waals surface area contributed by atoms with Crippen LogP contribution in [0.5, 0.6) is 0 Å². The smallest absolute Gasteiger partial charge is 0.0768 e. The summed E-state index contributed by atoms with van der Waals surface area (Å²) < 4.78 is 6.36. The molecule has 1 nitrogen and oxygen atoms in total. The minimum Gasteiger partial charge on any atom is -0.371 e. The Morgan fingerprint density at radius 2 is 1.60 bits per heavy atom. The second-order valence-electron chi connectivity index (χ2n) is 6.73. The second kappa shape index (κ2) is 2.80. The van der Waals surface area contributed by atoms with Crippen LogP contribution in [-0.4, -0.2) is 11.7 Å². The molecule has 0 aromatic rings. The van der Waals surface area contributed by atoms with Crippen molar-refractivity contribution < 1.29 is 4.74 Å². The third-order valence-corrected chi connectivity index (χ3v) is 6.20. The number of fused-ring (bicyclic) bond motifs is 2.